The number of carbonyl (C=O) groups excluding carboxylic acids is 1. The van der Waals surface area contributed by atoms with Crippen LogP contribution in [0.4, 0.5) is 4.39 Å². The van der Waals surface area contributed by atoms with Crippen LogP contribution in [0, 0.1) is 5.82 Å². The zero-order valence-corrected chi connectivity index (χ0v) is 10.9. The molecule has 1 aromatic carbocycles. The predicted octanol–water partition coefficient (Wildman–Crippen LogP) is 2.18. The van der Waals surface area contributed by atoms with Crippen molar-refractivity contribution in [3.8, 4) is 0 Å². The Hall–Kier alpha value is -1.42. The Bertz CT molecular complexity index is 460. The third-order valence-corrected chi connectivity index (χ3v) is 4.26. The van der Waals surface area contributed by atoms with Crippen molar-refractivity contribution in [3.63, 3.8) is 0 Å². The molecule has 2 saturated heterocycles. The predicted molar refractivity (Wildman–Crippen MR) is 71.5 cm³/mol. The highest BCUT2D eigenvalue weighted by Gasteiger charge is 2.32. The summed E-state index contributed by atoms with van der Waals surface area (Å²) in [6.07, 6.45) is 4.60. The first kappa shape index (κ1) is 12.6. The van der Waals surface area contributed by atoms with Crippen molar-refractivity contribution in [2.45, 2.75) is 37.8 Å². The number of rotatable bonds is 2. The fourth-order valence-corrected chi connectivity index (χ4v) is 3.23. The number of nitrogens with one attached hydrogen (secondary N) is 1. The molecule has 102 valence electrons. The summed E-state index contributed by atoms with van der Waals surface area (Å²) in [5.74, 6) is -0.396. The quantitative estimate of drug-likeness (QED) is 0.886. The third-order valence-electron chi connectivity index (χ3n) is 4.26. The lowest BCUT2D eigenvalue weighted by atomic mass is 9.97. The van der Waals surface area contributed by atoms with Gasteiger partial charge in [0, 0.05) is 24.2 Å². The van der Waals surface area contributed by atoms with Gasteiger partial charge in [0.05, 0.1) is 0 Å². The summed E-state index contributed by atoms with van der Waals surface area (Å²) in [6.45, 7) is 2.29. The average Bonchev–Trinajstić information content (AvgIpc) is 2.87. The molecule has 2 aliphatic rings. The zero-order valence-electron chi connectivity index (χ0n) is 10.9. The Kier molecular flexibility index (Phi) is 3.51. The van der Waals surface area contributed by atoms with Crippen LogP contribution < -0.4 is 5.32 Å². The number of amides is 1. The van der Waals surface area contributed by atoms with Crippen LogP contribution in [0.25, 0.3) is 0 Å². The van der Waals surface area contributed by atoms with E-state index >= 15 is 0 Å². The maximum Gasteiger partial charge on any atom is 0.251 e. The van der Waals surface area contributed by atoms with E-state index in [9.17, 15) is 9.18 Å². The summed E-state index contributed by atoms with van der Waals surface area (Å²) in [5.41, 5.74) is 0.537. The molecule has 2 fully saturated rings. The highest BCUT2D eigenvalue weighted by atomic mass is 19.1. The van der Waals surface area contributed by atoms with E-state index in [1.165, 1.54) is 43.7 Å². The van der Waals surface area contributed by atoms with Gasteiger partial charge >= 0.3 is 0 Å². The fourth-order valence-electron chi connectivity index (χ4n) is 3.23. The number of hydrogen-bond donors (Lipinski definition) is 1. The number of fused-ring (bicyclic) bond motifs is 1. The lowest BCUT2D eigenvalue weighted by Gasteiger charge is -2.35. The first-order valence-corrected chi connectivity index (χ1v) is 7.03. The Morgan fingerprint density at radius 2 is 2.00 bits per heavy atom. The van der Waals surface area contributed by atoms with Crippen LogP contribution in [0.5, 0.6) is 0 Å². The van der Waals surface area contributed by atoms with Gasteiger partial charge in [0.1, 0.15) is 5.82 Å². The van der Waals surface area contributed by atoms with E-state index in [1.54, 1.807) is 0 Å². The van der Waals surface area contributed by atoms with Crippen molar-refractivity contribution >= 4 is 5.91 Å². The minimum absolute atomic E-state index is 0.0866. The molecule has 19 heavy (non-hydrogen) atoms. The smallest absolute Gasteiger partial charge is 0.251 e. The van der Waals surface area contributed by atoms with Crippen molar-refractivity contribution in [1.29, 1.82) is 0 Å². The average molecular weight is 262 g/mol. The molecule has 1 amide bonds. The van der Waals surface area contributed by atoms with Crippen LogP contribution in [-0.4, -0.2) is 36.0 Å². The second kappa shape index (κ2) is 5.29. The maximum absolute atomic E-state index is 12.8. The SMILES string of the molecule is O=C(NC1CCN2CCCC2C1)c1ccc(F)cc1. The molecule has 0 spiro atoms. The summed E-state index contributed by atoms with van der Waals surface area (Å²) in [4.78, 5) is 14.6. The molecule has 0 bridgehead atoms. The van der Waals surface area contributed by atoms with Gasteiger partial charge in [-0.1, -0.05) is 0 Å². The second-order valence-electron chi connectivity index (χ2n) is 5.53. The van der Waals surface area contributed by atoms with Gasteiger partial charge in [-0.2, -0.15) is 0 Å². The van der Waals surface area contributed by atoms with E-state index < -0.39 is 0 Å². The summed E-state index contributed by atoms with van der Waals surface area (Å²) in [5, 5.41) is 3.08. The van der Waals surface area contributed by atoms with Crippen LogP contribution in [0.15, 0.2) is 24.3 Å². The van der Waals surface area contributed by atoms with Crippen LogP contribution in [-0.2, 0) is 0 Å². The van der Waals surface area contributed by atoms with E-state index in [1.807, 2.05) is 0 Å². The van der Waals surface area contributed by atoms with Crippen molar-refractivity contribution in [2.75, 3.05) is 13.1 Å². The molecule has 1 N–H and O–H groups in total. The first-order chi connectivity index (χ1) is 9.22. The Balaban J connectivity index is 1.59. The van der Waals surface area contributed by atoms with Gasteiger partial charge in [0.25, 0.3) is 5.91 Å². The zero-order chi connectivity index (χ0) is 13.2. The van der Waals surface area contributed by atoms with Gasteiger partial charge in [0.15, 0.2) is 0 Å². The summed E-state index contributed by atoms with van der Waals surface area (Å²) in [6, 6.07) is 6.64. The lowest BCUT2D eigenvalue weighted by molar-refractivity contribution is 0.0896. The molecule has 2 aliphatic heterocycles. The third kappa shape index (κ3) is 2.78. The molecule has 0 radical (unpaired) electrons. The summed E-state index contributed by atoms with van der Waals surface area (Å²) < 4.78 is 12.8. The fraction of sp³-hybridized carbons (Fsp3) is 0.533. The van der Waals surface area contributed by atoms with Crippen molar-refractivity contribution in [3.05, 3.63) is 35.6 Å². The van der Waals surface area contributed by atoms with Gasteiger partial charge in [-0.15, -0.1) is 0 Å². The standard InChI is InChI=1S/C15H19FN2O/c16-12-5-3-11(4-6-12)15(19)17-13-7-9-18-8-1-2-14(18)10-13/h3-6,13-14H,1-2,7-10H2,(H,17,19). The topological polar surface area (TPSA) is 32.3 Å². The number of piperidine rings is 1. The lowest BCUT2D eigenvalue weighted by Crippen LogP contribution is -2.47. The molecule has 3 nitrogen and oxygen atoms in total. The molecule has 0 aliphatic carbocycles. The molecular formula is C15H19FN2O. The number of halogens is 1. The van der Waals surface area contributed by atoms with Crippen LogP contribution in [0.2, 0.25) is 0 Å². The van der Waals surface area contributed by atoms with Crippen LogP contribution in [0.3, 0.4) is 0 Å². The van der Waals surface area contributed by atoms with Gasteiger partial charge in [-0.05, 0) is 56.5 Å². The van der Waals surface area contributed by atoms with Gasteiger partial charge < -0.3 is 10.2 Å². The molecule has 1 aromatic rings. The minimum atomic E-state index is -0.309. The van der Waals surface area contributed by atoms with E-state index in [-0.39, 0.29) is 17.8 Å². The molecule has 2 heterocycles. The van der Waals surface area contributed by atoms with Gasteiger partial charge in [-0.25, -0.2) is 4.39 Å². The van der Waals surface area contributed by atoms with Crippen LogP contribution >= 0.6 is 0 Å². The molecule has 2 unspecified atom stereocenters. The molecule has 0 aromatic heterocycles. The van der Waals surface area contributed by atoms with Crippen molar-refractivity contribution in [2.24, 2.45) is 0 Å². The Morgan fingerprint density at radius 3 is 2.79 bits per heavy atom. The molecule has 0 saturated carbocycles. The highest BCUT2D eigenvalue weighted by molar-refractivity contribution is 5.94. The Morgan fingerprint density at radius 1 is 1.21 bits per heavy atom. The number of carbonyl (C=O) groups is 1. The number of nitrogens with zero attached hydrogens (tertiary/aromatic N) is 1. The Labute approximate surface area is 112 Å². The number of hydrogen-bond acceptors (Lipinski definition) is 2. The molecular weight excluding hydrogens is 243 g/mol. The monoisotopic (exact) mass is 262 g/mol. The van der Waals surface area contributed by atoms with Gasteiger partial charge in [-0.3, -0.25) is 4.79 Å². The molecule has 3 rings (SSSR count). The first-order valence-electron chi connectivity index (χ1n) is 7.03. The largest absolute Gasteiger partial charge is 0.349 e. The summed E-state index contributed by atoms with van der Waals surface area (Å²) in [7, 11) is 0. The summed E-state index contributed by atoms with van der Waals surface area (Å²) >= 11 is 0. The maximum atomic E-state index is 12.8. The van der Waals surface area contributed by atoms with E-state index in [2.05, 4.69) is 10.2 Å². The normalized spacial score (nSPS) is 27.0. The van der Waals surface area contributed by atoms with E-state index in [0.717, 1.165) is 19.4 Å². The van der Waals surface area contributed by atoms with E-state index in [4.69, 9.17) is 0 Å². The van der Waals surface area contributed by atoms with Crippen molar-refractivity contribution < 1.29 is 9.18 Å². The van der Waals surface area contributed by atoms with Gasteiger partial charge in [0.2, 0.25) is 0 Å². The number of benzene rings is 1. The molecule has 2 atom stereocenters. The second-order valence-corrected chi connectivity index (χ2v) is 5.53. The minimum Gasteiger partial charge on any atom is -0.349 e. The van der Waals surface area contributed by atoms with Crippen LogP contribution in [0.1, 0.15) is 36.0 Å². The highest BCUT2D eigenvalue weighted by Crippen LogP contribution is 2.26. The van der Waals surface area contributed by atoms with Crippen molar-refractivity contribution in [1.82, 2.24) is 10.2 Å². The molecule has 4 heteroatoms. The van der Waals surface area contributed by atoms with E-state index in [0.29, 0.717) is 11.6 Å².